The summed E-state index contributed by atoms with van der Waals surface area (Å²) in [6, 6.07) is 7.13. The summed E-state index contributed by atoms with van der Waals surface area (Å²) >= 11 is 0. The summed E-state index contributed by atoms with van der Waals surface area (Å²) in [5, 5.41) is 0. The summed E-state index contributed by atoms with van der Waals surface area (Å²) in [6.45, 7) is 4.78. The van der Waals surface area contributed by atoms with Gasteiger partial charge in [-0.15, -0.1) is 0 Å². The Morgan fingerprint density at radius 2 is 1.89 bits per heavy atom. The van der Waals surface area contributed by atoms with Crippen molar-refractivity contribution in [1.82, 2.24) is 4.72 Å². The highest BCUT2D eigenvalue weighted by Gasteiger charge is 2.47. The predicted molar refractivity (Wildman–Crippen MR) is 76.3 cm³/mol. The van der Waals surface area contributed by atoms with E-state index in [1.54, 1.807) is 12.1 Å². The molecule has 4 nitrogen and oxygen atoms in total. The molecule has 0 heterocycles. The number of hydrogen-bond acceptors (Lipinski definition) is 3. The Bertz CT molecular complexity index is 535. The summed E-state index contributed by atoms with van der Waals surface area (Å²) in [7, 11) is -3.38. The molecular formula is C14H22N2O2S. The SMILES string of the molecule is CC1(C)CC1NS(=O)(=O)c1ccc(CCCN)cc1. The molecule has 106 valence electrons. The first kappa shape index (κ1) is 14.5. The third-order valence-electron chi connectivity index (χ3n) is 3.71. The van der Waals surface area contributed by atoms with E-state index in [0.717, 1.165) is 24.8 Å². The van der Waals surface area contributed by atoms with Gasteiger partial charge < -0.3 is 5.73 Å². The molecule has 1 aliphatic carbocycles. The standard InChI is InChI=1S/C14H22N2O2S/c1-14(2)10-13(14)16-19(17,18)12-7-5-11(6-8-12)4-3-9-15/h5-8,13,16H,3-4,9-10,15H2,1-2H3. The van der Waals surface area contributed by atoms with Crippen molar-refractivity contribution in [1.29, 1.82) is 0 Å². The highest BCUT2D eigenvalue weighted by Crippen LogP contribution is 2.45. The van der Waals surface area contributed by atoms with E-state index in [9.17, 15) is 8.42 Å². The lowest BCUT2D eigenvalue weighted by Crippen LogP contribution is -2.28. The average Bonchev–Trinajstić information content (AvgIpc) is 2.93. The first-order valence-electron chi connectivity index (χ1n) is 6.66. The quantitative estimate of drug-likeness (QED) is 0.833. The van der Waals surface area contributed by atoms with Crippen molar-refractivity contribution in [2.45, 2.75) is 44.0 Å². The minimum Gasteiger partial charge on any atom is -0.330 e. The van der Waals surface area contributed by atoms with Gasteiger partial charge in [0.1, 0.15) is 0 Å². The van der Waals surface area contributed by atoms with Gasteiger partial charge in [0.25, 0.3) is 0 Å². The van der Waals surface area contributed by atoms with E-state index in [1.807, 2.05) is 12.1 Å². The Kier molecular flexibility index (Phi) is 3.99. The zero-order valence-electron chi connectivity index (χ0n) is 11.5. The second-order valence-electron chi connectivity index (χ2n) is 5.90. The van der Waals surface area contributed by atoms with Gasteiger partial charge in [0.15, 0.2) is 0 Å². The van der Waals surface area contributed by atoms with E-state index >= 15 is 0 Å². The van der Waals surface area contributed by atoms with Crippen LogP contribution in [0.2, 0.25) is 0 Å². The molecule has 0 spiro atoms. The van der Waals surface area contributed by atoms with E-state index in [0.29, 0.717) is 11.4 Å². The van der Waals surface area contributed by atoms with Crippen LogP contribution in [0.4, 0.5) is 0 Å². The Morgan fingerprint density at radius 1 is 1.32 bits per heavy atom. The minimum absolute atomic E-state index is 0.0643. The number of sulfonamides is 1. The van der Waals surface area contributed by atoms with Crippen LogP contribution in [0.25, 0.3) is 0 Å². The third-order valence-corrected chi connectivity index (χ3v) is 5.20. The van der Waals surface area contributed by atoms with E-state index in [-0.39, 0.29) is 11.5 Å². The van der Waals surface area contributed by atoms with Crippen molar-refractivity contribution in [2.24, 2.45) is 11.1 Å². The zero-order chi connectivity index (χ0) is 14.1. The molecular weight excluding hydrogens is 260 g/mol. The van der Waals surface area contributed by atoms with Crippen LogP contribution in [0.3, 0.4) is 0 Å². The fourth-order valence-corrected chi connectivity index (χ4v) is 3.47. The van der Waals surface area contributed by atoms with E-state index in [4.69, 9.17) is 5.73 Å². The summed E-state index contributed by atoms with van der Waals surface area (Å²) < 4.78 is 27.1. The molecule has 3 N–H and O–H groups in total. The van der Waals surface area contributed by atoms with Crippen molar-refractivity contribution in [2.75, 3.05) is 6.54 Å². The maximum atomic E-state index is 12.2. The Labute approximate surface area is 115 Å². The maximum Gasteiger partial charge on any atom is 0.240 e. The lowest BCUT2D eigenvalue weighted by Gasteiger charge is -2.09. The third kappa shape index (κ3) is 3.55. The van der Waals surface area contributed by atoms with Gasteiger partial charge in [-0.25, -0.2) is 13.1 Å². The average molecular weight is 282 g/mol. The highest BCUT2D eigenvalue weighted by atomic mass is 32.2. The zero-order valence-corrected chi connectivity index (χ0v) is 12.3. The molecule has 1 atom stereocenters. The molecule has 5 heteroatoms. The normalized spacial score (nSPS) is 21.3. The van der Waals surface area contributed by atoms with Gasteiger partial charge in [0.2, 0.25) is 10.0 Å². The first-order chi connectivity index (χ1) is 8.85. The molecule has 0 saturated heterocycles. The molecule has 2 rings (SSSR count). The van der Waals surface area contributed by atoms with E-state index in [2.05, 4.69) is 18.6 Å². The van der Waals surface area contributed by atoms with Gasteiger partial charge in [0.05, 0.1) is 4.90 Å². The fraction of sp³-hybridized carbons (Fsp3) is 0.571. The van der Waals surface area contributed by atoms with Gasteiger partial charge in [-0.05, 0) is 48.9 Å². The Hall–Kier alpha value is -0.910. The van der Waals surface area contributed by atoms with Crippen molar-refractivity contribution in [3.8, 4) is 0 Å². The number of nitrogens with two attached hydrogens (primary N) is 1. The molecule has 1 aromatic rings. The van der Waals surface area contributed by atoms with Crippen LogP contribution in [0, 0.1) is 5.41 Å². The van der Waals surface area contributed by atoms with Crippen LogP contribution in [0.5, 0.6) is 0 Å². The predicted octanol–water partition coefficient (Wildman–Crippen LogP) is 1.65. The molecule has 0 amide bonds. The molecule has 1 saturated carbocycles. The van der Waals surface area contributed by atoms with Gasteiger partial charge in [-0.1, -0.05) is 26.0 Å². The van der Waals surface area contributed by atoms with Crippen molar-refractivity contribution >= 4 is 10.0 Å². The van der Waals surface area contributed by atoms with Crippen LogP contribution in [0.15, 0.2) is 29.2 Å². The second kappa shape index (κ2) is 5.23. The van der Waals surface area contributed by atoms with Gasteiger partial charge in [0, 0.05) is 6.04 Å². The maximum absolute atomic E-state index is 12.2. The molecule has 0 aliphatic heterocycles. The molecule has 1 fully saturated rings. The van der Waals surface area contributed by atoms with Crippen LogP contribution in [-0.4, -0.2) is 21.0 Å². The molecule has 0 bridgehead atoms. The number of rotatable bonds is 6. The Morgan fingerprint density at radius 3 is 2.37 bits per heavy atom. The van der Waals surface area contributed by atoms with Crippen molar-refractivity contribution < 1.29 is 8.42 Å². The topological polar surface area (TPSA) is 72.2 Å². The van der Waals surface area contributed by atoms with Crippen molar-refractivity contribution in [3.63, 3.8) is 0 Å². The van der Waals surface area contributed by atoms with Crippen LogP contribution < -0.4 is 10.5 Å². The summed E-state index contributed by atoms with van der Waals surface area (Å²) in [4.78, 5) is 0.340. The highest BCUT2D eigenvalue weighted by molar-refractivity contribution is 7.89. The number of hydrogen-bond donors (Lipinski definition) is 2. The minimum atomic E-state index is -3.38. The lowest BCUT2D eigenvalue weighted by atomic mass is 10.1. The first-order valence-corrected chi connectivity index (χ1v) is 8.15. The largest absolute Gasteiger partial charge is 0.330 e. The van der Waals surface area contributed by atoms with Crippen molar-refractivity contribution in [3.05, 3.63) is 29.8 Å². The van der Waals surface area contributed by atoms with Crippen LogP contribution >= 0.6 is 0 Å². The summed E-state index contributed by atoms with van der Waals surface area (Å²) in [6.07, 6.45) is 2.71. The summed E-state index contributed by atoms with van der Waals surface area (Å²) in [5.74, 6) is 0. The number of aryl methyl sites for hydroxylation is 1. The second-order valence-corrected chi connectivity index (χ2v) is 7.62. The number of benzene rings is 1. The molecule has 0 radical (unpaired) electrons. The Balaban J connectivity index is 2.04. The molecule has 1 unspecified atom stereocenters. The fourth-order valence-electron chi connectivity index (χ4n) is 2.07. The monoisotopic (exact) mass is 282 g/mol. The van der Waals surface area contributed by atoms with E-state index < -0.39 is 10.0 Å². The van der Waals surface area contributed by atoms with E-state index in [1.165, 1.54) is 0 Å². The smallest absolute Gasteiger partial charge is 0.240 e. The summed E-state index contributed by atoms with van der Waals surface area (Å²) in [5.41, 5.74) is 6.67. The molecule has 1 aliphatic rings. The van der Waals surface area contributed by atoms with Crippen LogP contribution in [0.1, 0.15) is 32.3 Å². The molecule has 19 heavy (non-hydrogen) atoms. The number of nitrogens with one attached hydrogen (secondary N) is 1. The van der Waals surface area contributed by atoms with Gasteiger partial charge in [-0.3, -0.25) is 0 Å². The van der Waals surface area contributed by atoms with Crippen LogP contribution in [-0.2, 0) is 16.4 Å². The van der Waals surface area contributed by atoms with Gasteiger partial charge >= 0.3 is 0 Å². The molecule has 1 aromatic carbocycles. The molecule has 0 aromatic heterocycles. The lowest BCUT2D eigenvalue weighted by molar-refractivity contribution is 0.555. The van der Waals surface area contributed by atoms with Gasteiger partial charge in [-0.2, -0.15) is 0 Å².